The average Bonchev–Trinajstić information content (AvgIpc) is 2.89. The van der Waals surface area contributed by atoms with Crippen LogP contribution in [0.15, 0.2) is 48.5 Å². The molecule has 0 amide bonds. The lowest BCUT2D eigenvalue weighted by atomic mass is 9.95. The van der Waals surface area contributed by atoms with Gasteiger partial charge < -0.3 is 14.9 Å². The van der Waals surface area contributed by atoms with Crippen LogP contribution in [-0.4, -0.2) is 29.0 Å². The molecule has 4 heteroatoms. The van der Waals surface area contributed by atoms with Gasteiger partial charge in [-0.25, -0.2) is 0 Å². The van der Waals surface area contributed by atoms with Crippen molar-refractivity contribution in [3.8, 4) is 0 Å². The molecule has 2 aromatic carbocycles. The predicted molar refractivity (Wildman–Crippen MR) is 112 cm³/mol. The van der Waals surface area contributed by atoms with E-state index in [1.165, 1.54) is 47.7 Å². The smallest absolute Gasteiger partial charge is 0.0488 e. The van der Waals surface area contributed by atoms with E-state index in [0.29, 0.717) is 0 Å². The number of fused-ring (bicyclic) bond motifs is 3. The Labute approximate surface area is 162 Å². The molecule has 0 bridgehead atoms. The van der Waals surface area contributed by atoms with Crippen molar-refractivity contribution in [2.75, 3.05) is 14.1 Å². The Kier molecular flexibility index (Phi) is 6.87. The molecule has 4 rings (SSSR count). The van der Waals surface area contributed by atoms with Crippen molar-refractivity contribution in [1.29, 1.82) is 0 Å². The molecule has 0 fully saturated rings. The Morgan fingerprint density at radius 3 is 2.38 bits per heavy atom. The maximum atomic E-state index is 2.57. The first kappa shape index (κ1) is 20.5. The van der Waals surface area contributed by atoms with Crippen molar-refractivity contribution < 1.29 is 5.48 Å². The van der Waals surface area contributed by atoms with Crippen LogP contribution in [0.3, 0.4) is 0 Å². The van der Waals surface area contributed by atoms with Gasteiger partial charge in [0.25, 0.3) is 0 Å². The van der Waals surface area contributed by atoms with Gasteiger partial charge in [-0.05, 0) is 68.6 Å². The van der Waals surface area contributed by atoms with Crippen molar-refractivity contribution in [2.24, 2.45) is 0 Å². The molecule has 140 valence electrons. The second-order valence-corrected chi connectivity index (χ2v) is 7.29. The number of benzene rings is 2. The maximum absolute atomic E-state index is 2.57. The van der Waals surface area contributed by atoms with E-state index in [1.54, 1.807) is 11.3 Å². The minimum absolute atomic E-state index is 0. The van der Waals surface area contributed by atoms with Crippen LogP contribution in [0, 0.1) is 0 Å². The second kappa shape index (κ2) is 8.72. The number of hydrogen-bond donors (Lipinski definition) is 0. The standard InChI is InChI=1S/C22H26N2.ClH.H2O/c1-23(2)15-18-12-13-22-20(14-18)19-10-6-7-11-21(19)24(22)16-17-8-4-3-5-9-17;;/h3-5,8-9,12-14H,6-7,10-11,15-16H2,1-2H3;1H;1H2. The van der Waals surface area contributed by atoms with Crippen molar-refractivity contribution in [2.45, 2.75) is 38.8 Å². The SMILES string of the molecule is CN(C)Cc1ccc2c(c1)c1c(n2Cc2ccccc2)CCCC1.Cl.O. The molecule has 1 aliphatic carbocycles. The molecule has 26 heavy (non-hydrogen) atoms. The molecule has 1 aliphatic rings. The van der Waals surface area contributed by atoms with Crippen LogP contribution in [-0.2, 0) is 25.9 Å². The summed E-state index contributed by atoms with van der Waals surface area (Å²) in [6.07, 6.45) is 5.11. The fraction of sp³-hybridized carbons (Fsp3) is 0.364. The number of nitrogens with zero attached hydrogens (tertiary/aromatic N) is 2. The van der Waals surface area contributed by atoms with Gasteiger partial charge in [0.15, 0.2) is 0 Å². The average molecular weight is 373 g/mol. The van der Waals surface area contributed by atoms with Crippen molar-refractivity contribution >= 4 is 23.3 Å². The summed E-state index contributed by atoms with van der Waals surface area (Å²) in [5.41, 5.74) is 7.39. The van der Waals surface area contributed by atoms with Gasteiger partial charge in [-0.2, -0.15) is 0 Å². The monoisotopic (exact) mass is 372 g/mol. The van der Waals surface area contributed by atoms with E-state index in [4.69, 9.17) is 0 Å². The van der Waals surface area contributed by atoms with Gasteiger partial charge in [0, 0.05) is 29.7 Å². The van der Waals surface area contributed by atoms with Crippen LogP contribution in [0.4, 0.5) is 0 Å². The first-order valence-electron chi connectivity index (χ1n) is 9.04. The third kappa shape index (κ3) is 3.96. The van der Waals surface area contributed by atoms with Gasteiger partial charge >= 0.3 is 0 Å². The summed E-state index contributed by atoms with van der Waals surface area (Å²) in [5, 5.41) is 1.49. The Balaban J connectivity index is 0.00000121. The van der Waals surface area contributed by atoms with Gasteiger partial charge in [0.2, 0.25) is 0 Å². The van der Waals surface area contributed by atoms with Crippen LogP contribution < -0.4 is 0 Å². The van der Waals surface area contributed by atoms with Gasteiger partial charge in [-0.3, -0.25) is 0 Å². The molecule has 2 N–H and O–H groups in total. The second-order valence-electron chi connectivity index (χ2n) is 7.29. The molecule has 3 aromatic rings. The Morgan fingerprint density at radius 1 is 0.923 bits per heavy atom. The molecule has 0 unspecified atom stereocenters. The fourth-order valence-corrected chi connectivity index (χ4v) is 4.09. The molecule has 0 saturated carbocycles. The number of aromatic nitrogens is 1. The van der Waals surface area contributed by atoms with E-state index in [9.17, 15) is 0 Å². The van der Waals surface area contributed by atoms with E-state index in [-0.39, 0.29) is 17.9 Å². The molecular weight excluding hydrogens is 344 g/mol. The molecule has 3 nitrogen and oxygen atoms in total. The zero-order valence-electron chi connectivity index (χ0n) is 15.7. The van der Waals surface area contributed by atoms with Crippen molar-refractivity contribution in [3.63, 3.8) is 0 Å². The topological polar surface area (TPSA) is 39.7 Å². The van der Waals surface area contributed by atoms with Crippen LogP contribution in [0.5, 0.6) is 0 Å². The van der Waals surface area contributed by atoms with E-state index in [2.05, 4.69) is 72.1 Å². The highest BCUT2D eigenvalue weighted by Crippen LogP contribution is 2.33. The van der Waals surface area contributed by atoms with Crippen LogP contribution in [0.25, 0.3) is 10.9 Å². The first-order chi connectivity index (χ1) is 11.7. The quantitative estimate of drug-likeness (QED) is 0.675. The lowest BCUT2D eigenvalue weighted by molar-refractivity contribution is 0.403. The van der Waals surface area contributed by atoms with Gasteiger partial charge in [-0.15, -0.1) is 12.4 Å². The minimum atomic E-state index is 0. The fourth-order valence-electron chi connectivity index (χ4n) is 4.09. The molecule has 0 aliphatic heterocycles. The van der Waals surface area contributed by atoms with Crippen molar-refractivity contribution in [3.05, 3.63) is 70.9 Å². The van der Waals surface area contributed by atoms with E-state index in [1.807, 2.05) is 0 Å². The highest BCUT2D eigenvalue weighted by atomic mass is 35.5. The van der Waals surface area contributed by atoms with Gasteiger partial charge in [0.1, 0.15) is 0 Å². The molecule has 0 atom stereocenters. The maximum Gasteiger partial charge on any atom is 0.0488 e. The third-order valence-corrected chi connectivity index (χ3v) is 5.12. The largest absolute Gasteiger partial charge is 0.412 e. The lowest BCUT2D eigenvalue weighted by Gasteiger charge is -2.16. The van der Waals surface area contributed by atoms with Crippen LogP contribution in [0.2, 0.25) is 0 Å². The Morgan fingerprint density at radius 2 is 1.65 bits per heavy atom. The number of hydrogen-bond acceptors (Lipinski definition) is 1. The highest BCUT2D eigenvalue weighted by Gasteiger charge is 2.20. The molecule has 0 saturated heterocycles. The molecule has 1 heterocycles. The summed E-state index contributed by atoms with van der Waals surface area (Å²) < 4.78 is 2.57. The molecule has 1 aromatic heterocycles. The summed E-state index contributed by atoms with van der Waals surface area (Å²) in [5.74, 6) is 0. The van der Waals surface area contributed by atoms with Crippen molar-refractivity contribution in [1.82, 2.24) is 9.47 Å². The summed E-state index contributed by atoms with van der Waals surface area (Å²) in [7, 11) is 4.28. The van der Waals surface area contributed by atoms with Gasteiger partial charge in [0.05, 0.1) is 0 Å². The van der Waals surface area contributed by atoms with E-state index in [0.717, 1.165) is 13.1 Å². The predicted octanol–water partition coefficient (Wildman–Crippen LogP) is 4.23. The molecular formula is C22H29ClN2O. The van der Waals surface area contributed by atoms with Gasteiger partial charge in [-0.1, -0.05) is 36.4 Å². The zero-order chi connectivity index (χ0) is 16.5. The normalized spacial score (nSPS) is 13.2. The van der Waals surface area contributed by atoms with E-state index >= 15 is 0 Å². The summed E-state index contributed by atoms with van der Waals surface area (Å²) >= 11 is 0. The first-order valence-corrected chi connectivity index (χ1v) is 9.04. The number of rotatable bonds is 4. The van der Waals surface area contributed by atoms with Crippen LogP contribution >= 0.6 is 12.4 Å². The minimum Gasteiger partial charge on any atom is -0.412 e. The Bertz CT molecular complexity index is 855. The zero-order valence-corrected chi connectivity index (χ0v) is 16.5. The Hall–Kier alpha value is -1.81. The lowest BCUT2D eigenvalue weighted by Crippen LogP contribution is -2.10. The number of halogens is 1. The molecule has 0 spiro atoms. The summed E-state index contributed by atoms with van der Waals surface area (Å²) in [6.45, 7) is 1.99. The number of aryl methyl sites for hydroxylation is 1. The molecule has 0 radical (unpaired) electrons. The summed E-state index contributed by atoms with van der Waals surface area (Å²) in [4.78, 5) is 2.24. The third-order valence-electron chi connectivity index (χ3n) is 5.12. The summed E-state index contributed by atoms with van der Waals surface area (Å²) in [6, 6.07) is 17.9. The van der Waals surface area contributed by atoms with E-state index < -0.39 is 0 Å². The van der Waals surface area contributed by atoms with Crippen LogP contribution in [0.1, 0.15) is 35.2 Å². The highest BCUT2D eigenvalue weighted by molar-refractivity contribution is 5.86.